The van der Waals surface area contributed by atoms with Gasteiger partial charge in [-0.05, 0) is 13.0 Å². The van der Waals surface area contributed by atoms with Gasteiger partial charge >= 0.3 is 0 Å². The lowest BCUT2D eigenvalue weighted by Crippen LogP contribution is -1.95. The summed E-state index contributed by atoms with van der Waals surface area (Å²) in [5.74, 6) is 0. The van der Waals surface area contributed by atoms with Gasteiger partial charge in [-0.15, -0.1) is 0 Å². The summed E-state index contributed by atoms with van der Waals surface area (Å²) < 4.78 is 21.1. The second-order valence-electron chi connectivity index (χ2n) is 1.74. The topological polar surface area (TPSA) is 34.1 Å². The van der Waals surface area contributed by atoms with Crippen LogP contribution in [0.1, 0.15) is 6.92 Å². The molecule has 0 radical (unpaired) electrons. The van der Waals surface area contributed by atoms with Crippen LogP contribution < -0.4 is 0 Å². The van der Waals surface area contributed by atoms with Crippen LogP contribution in [-0.2, 0) is 9.84 Å². The van der Waals surface area contributed by atoms with E-state index in [9.17, 15) is 8.42 Å². The summed E-state index contributed by atoms with van der Waals surface area (Å²) in [6, 6.07) is 0. The molecule has 0 fully saturated rings. The second-order valence-corrected chi connectivity index (χ2v) is 3.81. The van der Waals surface area contributed by atoms with E-state index in [1.807, 2.05) is 0 Å². The van der Waals surface area contributed by atoms with Crippen molar-refractivity contribution < 1.29 is 8.42 Å². The molecule has 0 rings (SSSR count). The molecular formula is C6H10O2S. The summed E-state index contributed by atoms with van der Waals surface area (Å²) in [6.45, 7) is 5.09. The van der Waals surface area contributed by atoms with Crippen LogP contribution in [0.2, 0.25) is 0 Å². The summed E-state index contributed by atoms with van der Waals surface area (Å²) in [4.78, 5) is 0.157. The van der Waals surface area contributed by atoms with Crippen molar-refractivity contribution >= 4 is 9.84 Å². The number of rotatable bonds is 2. The van der Waals surface area contributed by atoms with Crippen molar-refractivity contribution in [2.75, 3.05) is 6.26 Å². The third-order valence-corrected chi connectivity index (χ3v) is 1.92. The monoisotopic (exact) mass is 146 g/mol. The highest BCUT2D eigenvalue weighted by Crippen LogP contribution is 2.00. The van der Waals surface area contributed by atoms with Crippen LogP contribution in [0.25, 0.3) is 0 Å². The minimum Gasteiger partial charge on any atom is -0.224 e. The molecule has 0 aliphatic rings. The molecule has 2 nitrogen and oxygen atoms in total. The van der Waals surface area contributed by atoms with Gasteiger partial charge in [0.25, 0.3) is 0 Å². The Kier molecular flexibility index (Phi) is 2.65. The van der Waals surface area contributed by atoms with Crippen LogP contribution in [0.3, 0.4) is 0 Å². The highest BCUT2D eigenvalue weighted by atomic mass is 32.2. The first-order chi connectivity index (χ1) is 3.98. The van der Waals surface area contributed by atoms with Gasteiger partial charge < -0.3 is 0 Å². The molecule has 0 aromatic rings. The highest BCUT2D eigenvalue weighted by molar-refractivity contribution is 7.94. The Morgan fingerprint density at radius 1 is 1.56 bits per heavy atom. The smallest absolute Gasteiger partial charge is 0.174 e. The normalized spacial score (nSPS) is 12.2. The van der Waals surface area contributed by atoms with Gasteiger partial charge in [0.15, 0.2) is 9.84 Å². The third-order valence-electron chi connectivity index (χ3n) is 0.829. The van der Waals surface area contributed by atoms with Crippen LogP contribution in [0.5, 0.6) is 0 Å². The van der Waals surface area contributed by atoms with Crippen molar-refractivity contribution in [2.24, 2.45) is 0 Å². The average Bonchev–Trinajstić information content (AvgIpc) is 1.64. The second kappa shape index (κ2) is 2.82. The zero-order valence-electron chi connectivity index (χ0n) is 5.59. The maximum absolute atomic E-state index is 10.6. The zero-order valence-corrected chi connectivity index (χ0v) is 6.40. The van der Waals surface area contributed by atoms with Crippen molar-refractivity contribution in [3.8, 4) is 0 Å². The van der Waals surface area contributed by atoms with Gasteiger partial charge in [-0.2, -0.15) is 0 Å². The Bertz CT molecular complexity index is 221. The molecule has 0 aromatic heterocycles. The maximum atomic E-state index is 10.6. The molecule has 0 heterocycles. The molecule has 52 valence electrons. The fourth-order valence-corrected chi connectivity index (χ4v) is 0.693. The SMILES string of the molecule is C=C(/C=C\C)S(C)(=O)=O. The first kappa shape index (κ1) is 8.43. The number of sulfone groups is 1. The Morgan fingerprint density at radius 2 is 2.00 bits per heavy atom. The zero-order chi connectivity index (χ0) is 7.49. The number of allylic oxidation sites excluding steroid dienone is 2. The fraction of sp³-hybridized carbons (Fsp3) is 0.333. The Labute approximate surface area is 55.8 Å². The molecular weight excluding hydrogens is 136 g/mol. The molecule has 9 heavy (non-hydrogen) atoms. The van der Waals surface area contributed by atoms with E-state index < -0.39 is 9.84 Å². The summed E-state index contributed by atoms with van der Waals surface area (Å²) in [7, 11) is -3.05. The molecule has 0 aromatic carbocycles. The van der Waals surface area contributed by atoms with E-state index in [4.69, 9.17) is 0 Å². The van der Waals surface area contributed by atoms with Gasteiger partial charge in [0.1, 0.15) is 0 Å². The summed E-state index contributed by atoms with van der Waals surface area (Å²) in [5.41, 5.74) is 0. The fourth-order valence-electron chi connectivity index (χ4n) is 0.309. The quantitative estimate of drug-likeness (QED) is 0.547. The molecule has 0 saturated heterocycles. The van der Waals surface area contributed by atoms with E-state index in [0.29, 0.717) is 0 Å². The third kappa shape index (κ3) is 3.08. The largest absolute Gasteiger partial charge is 0.224 e. The summed E-state index contributed by atoms with van der Waals surface area (Å²) >= 11 is 0. The van der Waals surface area contributed by atoms with E-state index in [1.54, 1.807) is 13.0 Å². The molecule has 0 unspecified atom stereocenters. The minimum absolute atomic E-state index is 0.157. The van der Waals surface area contributed by atoms with Gasteiger partial charge in [0.2, 0.25) is 0 Å². The van der Waals surface area contributed by atoms with Crippen molar-refractivity contribution in [3.63, 3.8) is 0 Å². The Balaban J connectivity index is 4.45. The molecule has 3 heteroatoms. The van der Waals surface area contributed by atoms with Crippen LogP contribution in [0.4, 0.5) is 0 Å². The van der Waals surface area contributed by atoms with Gasteiger partial charge in [-0.1, -0.05) is 12.7 Å². The van der Waals surface area contributed by atoms with Gasteiger partial charge in [-0.3, -0.25) is 0 Å². The van der Waals surface area contributed by atoms with Crippen molar-refractivity contribution in [1.82, 2.24) is 0 Å². The van der Waals surface area contributed by atoms with E-state index in [1.165, 1.54) is 6.08 Å². The molecule has 0 aliphatic carbocycles. The highest BCUT2D eigenvalue weighted by Gasteiger charge is 2.01. The molecule has 0 atom stereocenters. The lowest BCUT2D eigenvalue weighted by atomic mass is 10.5. The van der Waals surface area contributed by atoms with Crippen LogP contribution >= 0.6 is 0 Å². The van der Waals surface area contributed by atoms with Gasteiger partial charge in [0.05, 0.1) is 4.91 Å². The number of hydrogen-bond donors (Lipinski definition) is 0. The van der Waals surface area contributed by atoms with Crippen molar-refractivity contribution in [3.05, 3.63) is 23.6 Å². The lowest BCUT2D eigenvalue weighted by molar-refractivity contribution is 0.608. The molecule has 0 bridgehead atoms. The average molecular weight is 146 g/mol. The Hall–Kier alpha value is -0.570. The predicted molar refractivity (Wildman–Crippen MR) is 38.8 cm³/mol. The maximum Gasteiger partial charge on any atom is 0.174 e. The Morgan fingerprint density at radius 3 is 2.11 bits per heavy atom. The number of hydrogen-bond acceptors (Lipinski definition) is 2. The van der Waals surface area contributed by atoms with Gasteiger partial charge in [0, 0.05) is 6.26 Å². The molecule has 0 spiro atoms. The van der Waals surface area contributed by atoms with E-state index in [-0.39, 0.29) is 4.91 Å². The lowest BCUT2D eigenvalue weighted by Gasteiger charge is -1.91. The molecule has 0 amide bonds. The first-order valence-electron chi connectivity index (χ1n) is 2.50. The standard InChI is InChI=1S/C6H10O2S/c1-4-5-6(2)9(3,7)8/h4-5H,2H2,1,3H3/b5-4-. The summed E-state index contributed by atoms with van der Waals surface area (Å²) in [5, 5.41) is 0. The van der Waals surface area contributed by atoms with Crippen molar-refractivity contribution in [1.29, 1.82) is 0 Å². The van der Waals surface area contributed by atoms with E-state index in [0.717, 1.165) is 6.26 Å². The predicted octanol–water partition coefficient (Wildman–Crippen LogP) is 1.12. The van der Waals surface area contributed by atoms with Crippen LogP contribution in [-0.4, -0.2) is 14.7 Å². The van der Waals surface area contributed by atoms with E-state index >= 15 is 0 Å². The molecule has 0 aliphatic heterocycles. The first-order valence-corrected chi connectivity index (χ1v) is 4.39. The minimum atomic E-state index is -3.05. The molecule has 0 saturated carbocycles. The van der Waals surface area contributed by atoms with Crippen molar-refractivity contribution in [2.45, 2.75) is 6.92 Å². The van der Waals surface area contributed by atoms with Crippen LogP contribution in [0.15, 0.2) is 23.6 Å². The van der Waals surface area contributed by atoms with Gasteiger partial charge in [-0.25, -0.2) is 8.42 Å². The van der Waals surface area contributed by atoms with Crippen LogP contribution in [0, 0.1) is 0 Å². The summed E-state index contributed by atoms with van der Waals surface area (Å²) in [6.07, 6.45) is 4.24. The van der Waals surface area contributed by atoms with E-state index in [2.05, 4.69) is 6.58 Å². The molecule has 0 N–H and O–H groups in total.